The van der Waals surface area contributed by atoms with Crippen LogP contribution in [0, 0.1) is 0 Å². The summed E-state index contributed by atoms with van der Waals surface area (Å²) in [7, 11) is -3.88. The predicted molar refractivity (Wildman–Crippen MR) is 73.1 cm³/mol. The van der Waals surface area contributed by atoms with Crippen molar-refractivity contribution in [1.29, 1.82) is 0 Å². The standard InChI is InChI=1S/C10H10N4O4S2/c1-6(15)11-9-12-13-10(19-9)20(17,18)14-7-2-4-8(16)5-3-7/h2-5,14,16H,1H3,(H,11,12,15). The zero-order valence-electron chi connectivity index (χ0n) is 10.2. The first-order valence-electron chi connectivity index (χ1n) is 5.30. The van der Waals surface area contributed by atoms with Crippen molar-refractivity contribution in [3.63, 3.8) is 0 Å². The molecule has 2 rings (SSSR count). The average Bonchev–Trinajstić information content (AvgIpc) is 2.80. The highest BCUT2D eigenvalue weighted by Gasteiger charge is 2.20. The molecule has 0 unspecified atom stereocenters. The summed E-state index contributed by atoms with van der Waals surface area (Å²) >= 11 is 0.737. The number of aromatic hydroxyl groups is 1. The normalized spacial score (nSPS) is 11.1. The fourth-order valence-electron chi connectivity index (χ4n) is 1.25. The molecule has 8 nitrogen and oxygen atoms in total. The van der Waals surface area contributed by atoms with Crippen LogP contribution >= 0.6 is 11.3 Å². The predicted octanol–water partition coefficient (Wildman–Crippen LogP) is 1.00. The van der Waals surface area contributed by atoms with Crippen LogP contribution in [0.15, 0.2) is 28.6 Å². The number of anilines is 2. The zero-order valence-corrected chi connectivity index (χ0v) is 11.8. The van der Waals surface area contributed by atoms with Gasteiger partial charge in [-0.05, 0) is 24.3 Å². The van der Waals surface area contributed by atoms with E-state index in [1.807, 2.05) is 0 Å². The summed E-state index contributed by atoms with van der Waals surface area (Å²) in [6.07, 6.45) is 0. The van der Waals surface area contributed by atoms with Crippen molar-refractivity contribution in [2.45, 2.75) is 11.3 Å². The monoisotopic (exact) mass is 314 g/mol. The van der Waals surface area contributed by atoms with Crippen LogP contribution in [0.2, 0.25) is 0 Å². The number of sulfonamides is 1. The van der Waals surface area contributed by atoms with E-state index in [9.17, 15) is 13.2 Å². The van der Waals surface area contributed by atoms with E-state index in [2.05, 4.69) is 20.2 Å². The molecule has 20 heavy (non-hydrogen) atoms. The fourth-order valence-corrected chi connectivity index (χ4v) is 3.25. The van der Waals surface area contributed by atoms with Crippen molar-refractivity contribution < 1.29 is 18.3 Å². The Hall–Kier alpha value is -2.20. The van der Waals surface area contributed by atoms with Crippen LogP contribution in [-0.2, 0) is 14.8 Å². The van der Waals surface area contributed by atoms with Gasteiger partial charge in [0.2, 0.25) is 11.0 Å². The first kappa shape index (κ1) is 14.2. The molecule has 0 saturated carbocycles. The number of nitrogens with one attached hydrogen (secondary N) is 2. The maximum absolute atomic E-state index is 12.0. The Morgan fingerprint density at radius 2 is 1.90 bits per heavy atom. The van der Waals surface area contributed by atoms with Crippen LogP contribution in [0.25, 0.3) is 0 Å². The maximum Gasteiger partial charge on any atom is 0.291 e. The Morgan fingerprint density at radius 1 is 1.25 bits per heavy atom. The first-order valence-corrected chi connectivity index (χ1v) is 7.60. The molecule has 10 heteroatoms. The van der Waals surface area contributed by atoms with Gasteiger partial charge in [-0.3, -0.25) is 9.52 Å². The molecule has 0 spiro atoms. The molecule has 3 N–H and O–H groups in total. The Labute approximate surface area is 118 Å². The van der Waals surface area contributed by atoms with Crippen molar-refractivity contribution >= 4 is 38.1 Å². The van der Waals surface area contributed by atoms with Gasteiger partial charge in [-0.1, -0.05) is 11.3 Å². The molecular formula is C10H10N4O4S2. The molecule has 1 aromatic carbocycles. The minimum atomic E-state index is -3.88. The average molecular weight is 314 g/mol. The number of aromatic nitrogens is 2. The summed E-state index contributed by atoms with van der Waals surface area (Å²) in [5, 5.41) is 18.6. The number of phenolic OH excluding ortho intramolecular Hbond substituents is 1. The summed E-state index contributed by atoms with van der Waals surface area (Å²) in [6.45, 7) is 1.28. The van der Waals surface area contributed by atoms with Gasteiger partial charge in [-0.25, -0.2) is 0 Å². The SMILES string of the molecule is CC(=O)Nc1nnc(S(=O)(=O)Nc2ccc(O)cc2)s1. The molecule has 0 atom stereocenters. The van der Waals surface area contributed by atoms with E-state index in [0.29, 0.717) is 0 Å². The van der Waals surface area contributed by atoms with Gasteiger partial charge < -0.3 is 10.4 Å². The lowest BCUT2D eigenvalue weighted by atomic mass is 10.3. The van der Waals surface area contributed by atoms with E-state index in [-0.39, 0.29) is 26.8 Å². The summed E-state index contributed by atoms with van der Waals surface area (Å²) in [4.78, 5) is 10.8. The molecule has 2 aromatic rings. The van der Waals surface area contributed by atoms with Crippen LogP contribution in [0.4, 0.5) is 10.8 Å². The lowest BCUT2D eigenvalue weighted by Gasteiger charge is -2.04. The molecule has 0 fully saturated rings. The van der Waals surface area contributed by atoms with Gasteiger partial charge in [0.1, 0.15) is 5.75 Å². The van der Waals surface area contributed by atoms with Gasteiger partial charge >= 0.3 is 0 Å². The second-order valence-corrected chi connectivity index (χ2v) is 6.54. The maximum atomic E-state index is 12.0. The molecule has 1 aromatic heterocycles. The van der Waals surface area contributed by atoms with Crippen LogP contribution in [0.3, 0.4) is 0 Å². The molecule has 1 amide bonds. The van der Waals surface area contributed by atoms with Crippen LogP contribution in [0.5, 0.6) is 5.75 Å². The summed E-state index contributed by atoms with van der Waals surface area (Å²) in [6, 6.07) is 5.51. The molecule has 106 valence electrons. The van der Waals surface area contributed by atoms with E-state index in [4.69, 9.17) is 5.11 Å². The van der Waals surface area contributed by atoms with Crippen molar-refractivity contribution in [1.82, 2.24) is 10.2 Å². The largest absolute Gasteiger partial charge is 0.508 e. The number of benzene rings is 1. The lowest BCUT2D eigenvalue weighted by molar-refractivity contribution is -0.114. The van der Waals surface area contributed by atoms with Crippen LogP contribution < -0.4 is 10.0 Å². The number of nitrogens with zero attached hydrogens (tertiary/aromatic N) is 2. The van der Waals surface area contributed by atoms with Gasteiger partial charge in [0.25, 0.3) is 14.4 Å². The topological polar surface area (TPSA) is 121 Å². The van der Waals surface area contributed by atoms with Crippen molar-refractivity contribution in [2.75, 3.05) is 10.0 Å². The number of amides is 1. The Kier molecular flexibility index (Phi) is 3.86. The highest BCUT2D eigenvalue weighted by atomic mass is 32.2. The van der Waals surface area contributed by atoms with E-state index >= 15 is 0 Å². The van der Waals surface area contributed by atoms with Gasteiger partial charge in [-0.2, -0.15) is 8.42 Å². The third-order valence-corrected chi connectivity index (χ3v) is 4.63. The second kappa shape index (κ2) is 5.43. The third kappa shape index (κ3) is 3.42. The van der Waals surface area contributed by atoms with E-state index in [1.54, 1.807) is 0 Å². The first-order chi connectivity index (χ1) is 9.37. The Balaban J connectivity index is 2.19. The van der Waals surface area contributed by atoms with Crippen LogP contribution in [-0.4, -0.2) is 29.6 Å². The third-order valence-electron chi connectivity index (χ3n) is 2.04. The fraction of sp³-hybridized carbons (Fsp3) is 0.100. The van der Waals surface area contributed by atoms with Crippen molar-refractivity contribution in [2.24, 2.45) is 0 Å². The van der Waals surface area contributed by atoms with Crippen molar-refractivity contribution in [3.8, 4) is 5.75 Å². The molecule has 0 bridgehead atoms. The highest BCUT2D eigenvalue weighted by Crippen LogP contribution is 2.23. The van der Waals surface area contributed by atoms with Gasteiger partial charge in [0, 0.05) is 12.6 Å². The number of carbonyl (C=O) groups is 1. The number of hydrogen-bond donors (Lipinski definition) is 3. The number of carbonyl (C=O) groups excluding carboxylic acids is 1. The van der Waals surface area contributed by atoms with E-state index in [1.165, 1.54) is 31.2 Å². The number of phenols is 1. The van der Waals surface area contributed by atoms with Gasteiger partial charge in [-0.15, -0.1) is 10.2 Å². The summed E-state index contributed by atoms with van der Waals surface area (Å²) in [5.74, 6) is -0.339. The lowest BCUT2D eigenvalue weighted by Crippen LogP contribution is -2.12. The summed E-state index contributed by atoms with van der Waals surface area (Å²) in [5.41, 5.74) is 0.277. The quantitative estimate of drug-likeness (QED) is 0.572. The smallest absolute Gasteiger partial charge is 0.291 e. The molecular weight excluding hydrogens is 304 g/mol. The minimum Gasteiger partial charge on any atom is -0.508 e. The molecule has 0 aliphatic heterocycles. The minimum absolute atomic E-state index is 0.0248. The molecule has 0 aliphatic rings. The Bertz CT molecular complexity index is 724. The second-order valence-electron chi connectivity index (χ2n) is 3.71. The number of hydrogen-bond acceptors (Lipinski definition) is 7. The summed E-state index contributed by atoms with van der Waals surface area (Å²) < 4.78 is 26.0. The highest BCUT2D eigenvalue weighted by molar-refractivity contribution is 7.94. The molecule has 0 radical (unpaired) electrons. The van der Waals surface area contributed by atoms with E-state index in [0.717, 1.165) is 11.3 Å². The van der Waals surface area contributed by atoms with Crippen LogP contribution in [0.1, 0.15) is 6.92 Å². The molecule has 1 heterocycles. The van der Waals surface area contributed by atoms with Crippen molar-refractivity contribution in [3.05, 3.63) is 24.3 Å². The zero-order chi connectivity index (χ0) is 14.8. The van der Waals surface area contributed by atoms with Gasteiger partial charge in [0.15, 0.2) is 0 Å². The van der Waals surface area contributed by atoms with Gasteiger partial charge in [0.05, 0.1) is 0 Å². The number of rotatable bonds is 4. The molecule has 0 saturated heterocycles. The van der Waals surface area contributed by atoms with E-state index < -0.39 is 10.0 Å². The Morgan fingerprint density at radius 3 is 2.50 bits per heavy atom. The molecule has 0 aliphatic carbocycles.